The van der Waals surface area contributed by atoms with Gasteiger partial charge in [-0.1, -0.05) is 11.6 Å². The quantitative estimate of drug-likeness (QED) is 0.732. The summed E-state index contributed by atoms with van der Waals surface area (Å²) in [6.45, 7) is 1.43. The van der Waals surface area contributed by atoms with Crippen molar-refractivity contribution in [3.63, 3.8) is 0 Å². The molecule has 0 N–H and O–H groups in total. The van der Waals surface area contributed by atoms with Crippen molar-refractivity contribution in [2.24, 2.45) is 0 Å². The standard InChI is InChI=1S/C19H18ClFN2O5S/c20-14-9-13(10-15(21)11-14)19(24)22-3-5-23(6-4-22)29(25,26)16-1-2-17-18(12-16)28-8-7-27-17/h1-2,9-12H,3-8H2. The predicted molar refractivity (Wildman–Crippen MR) is 104 cm³/mol. The maximum absolute atomic E-state index is 13.5. The van der Waals surface area contributed by atoms with Crippen LogP contribution < -0.4 is 9.47 Å². The van der Waals surface area contributed by atoms with E-state index in [9.17, 15) is 17.6 Å². The summed E-state index contributed by atoms with van der Waals surface area (Å²) in [7, 11) is -3.74. The van der Waals surface area contributed by atoms with E-state index in [4.69, 9.17) is 21.1 Å². The first-order valence-electron chi connectivity index (χ1n) is 9.00. The van der Waals surface area contributed by atoms with E-state index >= 15 is 0 Å². The van der Waals surface area contributed by atoms with Crippen LogP contribution in [-0.4, -0.2) is 62.9 Å². The predicted octanol–water partition coefficient (Wildman–Crippen LogP) is 2.40. The number of nitrogens with zero attached hydrogens (tertiary/aromatic N) is 2. The molecule has 154 valence electrons. The molecule has 0 aromatic heterocycles. The van der Waals surface area contributed by atoms with Crippen molar-refractivity contribution in [1.29, 1.82) is 0 Å². The lowest BCUT2D eigenvalue weighted by Crippen LogP contribution is -2.50. The normalized spacial score (nSPS) is 17.2. The first kappa shape index (κ1) is 19.9. The van der Waals surface area contributed by atoms with E-state index in [1.54, 1.807) is 6.07 Å². The van der Waals surface area contributed by atoms with Crippen LogP contribution in [0.4, 0.5) is 4.39 Å². The Morgan fingerprint density at radius 3 is 2.34 bits per heavy atom. The maximum Gasteiger partial charge on any atom is 0.254 e. The van der Waals surface area contributed by atoms with Crippen LogP contribution in [0.15, 0.2) is 41.3 Å². The van der Waals surface area contributed by atoms with Gasteiger partial charge in [0.25, 0.3) is 5.91 Å². The van der Waals surface area contributed by atoms with Gasteiger partial charge in [0.2, 0.25) is 10.0 Å². The molecule has 2 heterocycles. The average Bonchev–Trinajstić information content (AvgIpc) is 2.72. The molecule has 0 bridgehead atoms. The molecule has 0 saturated carbocycles. The fraction of sp³-hybridized carbons (Fsp3) is 0.316. The highest BCUT2D eigenvalue weighted by Gasteiger charge is 2.31. The minimum atomic E-state index is -3.74. The van der Waals surface area contributed by atoms with Gasteiger partial charge in [-0.3, -0.25) is 4.79 Å². The number of benzene rings is 2. The second kappa shape index (κ2) is 7.81. The third-order valence-corrected chi connectivity index (χ3v) is 6.90. The Kier molecular flexibility index (Phi) is 5.37. The maximum atomic E-state index is 13.5. The van der Waals surface area contributed by atoms with Crippen molar-refractivity contribution in [2.75, 3.05) is 39.4 Å². The summed E-state index contributed by atoms with van der Waals surface area (Å²) in [6.07, 6.45) is 0. The monoisotopic (exact) mass is 440 g/mol. The number of ether oxygens (including phenoxy) is 2. The highest BCUT2D eigenvalue weighted by atomic mass is 35.5. The first-order valence-corrected chi connectivity index (χ1v) is 10.8. The number of carbonyl (C=O) groups excluding carboxylic acids is 1. The van der Waals surface area contributed by atoms with Crippen LogP contribution in [0.5, 0.6) is 11.5 Å². The summed E-state index contributed by atoms with van der Waals surface area (Å²) in [5.41, 5.74) is 0.137. The number of fused-ring (bicyclic) bond motifs is 1. The van der Waals surface area contributed by atoms with Gasteiger partial charge in [0.15, 0.2) is 11.5 Å². The van der Waals surface area contributed by atoms with Crippen LogP contribution in [0.2, 0.25) is 5.02 Å². The molecular weight excluding hydrogens is 423 g/mol. The number of carbonyl (C=O) groups is 1. The molecule has 1 saturated heterocycles. The Hall–Kier alpha value is -2.36. The largest absolute Gasteiger partial charge is 0.486 e. The van der Waals surface area contributed by atoms with Crippen LogP contribution in [0.1, 0.15) is 10.4 Å². The molecule has 7 nitrogen and oxygen atoms in total. The van der Waals surface area contributed by atoms with Gasteiger partial charge in [-0.2, -0.15) is 4.31 Å². The number of hydrogen-bond acceptors (Lipinski definition) is 5. The summed E-state index contributed by atoms with van der Waals surface area (Å²) in [5.74, 6) is -0.0723. The molecule has 2 aromatic rings. The van der Waals surface area contributed by atoms with E-state index in [2.05, 4.69) is 0 Å². The number of halogens is 2. The van der Waals surface area contributed by atoms with Gasteiger partial charge in [-0.25, -0.2) is 12.8 Å². The van der Waals surface area contributed by atoms with Crippen molar-refractivity contribution in [1.82, 2.24) is 9.21 Å². The fourth-order valence-corrected chi connectivity index (χ4v) is 4.98. The lowest BCUT2D eigenvalue weighted by Gasteiger charge is -2.34. The van der Waals surface area contributed by atoms with E-state index < -0.39 is 15.8 Å². The fourth-order valence-electron chi connectivity index (χ4n) is 3.32. The molecule has 2 aliphatic heterocycles. The van der Waals surface area contributed by atoms with Crippen molar-refractivity contribution >= 4 is 27.5 Å². The van der Waals surface area contributed by atoms with Gasteiger partial charge in [0, 0.05) is 42.8 Å². The number of hydrogen-bond donors (Lipinski definition) is 0. The molecule has 0 aliphatic carbocycles. The Morgan fingerprint density at radius 1 is 0.966 bits per heavy atom. The van der Waals surface area contributed by atoms with Crippen LogP contribution >= 0.6 is 11.6 Å². The van der Waals surface area contributed by atoms with Gasteiger partial charge in [0.05, 0.1) is 4.90 Å². The third-order valence-electron chi connectivity index (χ3n) is 4.79. The highest BCUT2D eigenvalue weighted by molar-refractivity contribution is 7.89. The van der Waals surface area contributed by atoms with Crippen molar-refractivity contribution in [3.8, 4) is 11.5 Å². The lowest BCUT2D eigenvalue weighted by molar-refractivity contribution is 0.0697. The highest BCUT2D eigenvalue weighted by Crippen LogP contribution is 2.33. The average molecular weight is 441 g/mol. The second-order valence-electron chi connectivity index (χ2n) is 6.66. The second-order valence-corrected chi connectivity index (χ2v) is 9.03. The Bertz CT molecular complexity index is 1030. The molecule has 0 radical (unpaired) electrons. The van der Waals surface area contributed by atoms with Crippen molar-refractivity contribution < 1.29 is 27.1 Å². The van der Waals surface area contributed by atoms with Gasteiger partial charge >= 0.3 is 0 Å². The zero-order valence-corrected chi connectivity index (χ0v) is 16.9. The molecule has 0 unspecified atom stereocenters. The number of piperazine rings is 1. The van der Waals surface area contributed by atoms with Gasteiger partial charge < -0.3 is 14.4 Å². The van der Waals surface area contributed by atoms with Gasteiger partial charge in [-0.05, 0) is 30.3 Å². The van der Waals surface area contributed by atoms with Crippen molar-refractivity contribution in [3.05, 3.63) is 52.8 Å². The van der Waals surface area contributed by atoms with E-state index in [0.717, 1.165) is 12.1 Å². The Balaban J connectivity index is 1.46. The molecule has 4 rings (SSSR count). The molecule has 2 aliphatic rings. The number of rotatable bonds is 3. The molecule has 2 aromatic carbocycles. The first-order chi connectivity index (χ1) is 13.8. The minimum absolute atomic E-state index is 0.110. The molecule has 29 heavy (non-hydrogen) atoms. The van der Waals surface area contributed by atoms with Crippen LogP contribution in [0.3, 0.4) is 0 Å². The minimum Gasteiger partial charge on any atom is -0.486 e. The zero-order valence-electron chi connectivity index (χ0n) is 15.3. The third kappa shape index (κ3) is 4.03. The molecule has 0 spiro atoms. The lowest BCUT2D eigenvalue weighted by atomic mass is 10.2. The molecule has 1 amide bonds. The van der Waals surface area contributed by atoms with Gasteiger partial charge in [-0.15, -0.1) is 0 Å². The topological polar surface area (TPSA) is 76.2 Å². The Morgan fingerprint density at radius 2 is 1.66 bits per heavy atom. The van der Waals surface area contributed by atoms with Crippen molar-refractivity contribution in [2.45, 2.75) is 4.90 Å². The van der Waals surface area contributed by atoms with Crippen LogP contribution in [-0.2, 0) is 10.0 Å². The van der Waals surface area contributed by atoms with E-state index in [0.29, 0.717) is 24.7 Å². The van der Waals surface area contributed by atoms with Gasteiger partial charge in [0.1, 0.15) is 19.0 Å². The smallest absolute Gasteiger partial charge is 0.254 e. The summed E-state index contributed by atoms with van der Waals surface area (Å²) in [5, 5.41) is 0.133. The van der Waals surface area contributed by atoms with E-state index in [1.807, 2.05) is 0 Å². The van der Waals surface area contributed by atoms with E-state index in [-0.39, 0.29) is 47.6 Å². The van der Waals surface area contributed by atoms with Crippen LogP contribution in [0, 0.1) is 5.82 Å². The summed E-state index contributed by atoms with van der Waals surface area (Å²) < 4.78 is 51.7. The number of amides is 1. The summed E-state index contributed by atoms with van der Waals surface area (Å²) >= 11 is 5.82. The Labute approximate surface area is 172 Å². The summed E-state index contributed by atoms with van der Waals surface area (Å²) in [4.78, 5) is 14.2. The molecule has 0 atom stereocenters. The molecular formula is C19H18ClFN2O5S. The molecule has 10 heteroatoms. The molecule has 1 fully saturated rings. The number of sulfonamides is 1. The summed E-state index contributed by atoms with van der Waals surface area (Å²) in [6, 6.07) is 8.15. The zero-order chi connectivity index (χ0) is 20.6. The van der Waals surface area contributed by atoms with E-state index in [1.165, 1.54) is 27.4 Å². The SMILES string of the molecule is O=C(c1cc(F)cc(Cl)c1)N1CCN(S(=O)(=O)c2ccc3c(c2)OCCO3)CC1. The van der Waals surface area contributed by atoms with Crippen LogP contribution in [0.25, 0.3) is 0 Å².